The number of nitrogens with zero attached hydrogens (tertiary/aromatic N) is 2. The van der Waals surface area contributed by atoms with Crippen molar-refractivity contribution in [3.05, 3.63) is 71.3 Å². The zero-order chi connectivity index (χ0) is 19.6. The van der Waals surface area contributed by atoms with Gasteiger partial charge in [-0.15, -0.1) is 0 Å². The predicted molar refractivity (Wildman–Crippen MR) is 105 cm³/mol. The van der Waals surface area contributed by atoms with Crippen LogP contribution in [-0.4, -0.2) is 25.1 Å². The Morgan fingerprint density at radius 1 is 1.11 bits per heavy atom. The van der Waals surface area contributed by atoms with Gasteiger partial charge in [-0.05, 0) is 55.7 Å². The van der Waals surface area contributed by atoms with Gasteiger partial charge in [-0.2, -0.15) is 0 Å². The number of imidazole rings is 1. The van der Waals surface area contributed by atoms with Crippen LogP contribution in [0.5, 0.6) is 5.75 Å². The van der Waals surface area contributed by atoms with E-state index >= 15 is 0 Å². The predicted octanol–water partition coefficient (Wildman–Crippen LogP) is 3.28. The van der Waals surface area contributed by atoms with Crippen molar-refractivity contribution in [2.24, 2.45) is 0 Å². The minimum absolute atomic E-state index is 0.182. The number of para-hydroxylation sites is 1. The summed E-state index contributed by atoms with van der Waals surface area (Å²) in [5, 5.41) is 0. The maximum absolute atomic E-state index is 12.9. The minimum Gasteiger partial charge on any atom is -0.497 e. The van der Waals surface area contributed by atoms with Gasteiger partial charge in [-0.3, -0.25) is 0 Å². The zero-order valence-electron chi connectivity index (χ0n) is 15.9. The second-order valence-corrected chi connectivity index (χ2v) is 8.09. The summed E-state index contributed by atoms with van der Waals surface area (Å²) in [5.74, 6) is 1.48. The lowest BCUT2D eigenvalue weighted by molar-refractivity contribution is 0.413. The molecule has 0 aliphatic rings. The number of aryl methyl sites for hydroxylation is 3. The van der Waals surface area contributed by atoms with Gasteiger partial charge in [0.1, 0.15) is 11.6 Å². The summed E-state index contributed by atoms with van der Waals surface area (Å²) in [6.45, 7) is 5.63. The lowest BCUT2D eigenvalue weighted by Gasteiger charge is -2.15. The van der Waals surface area contributed by atoms with Crippen LogP contribution in [0.15, 0.2) is 53.7 Å². The van der Waals surface area contributed by atoms with Crippen molar-refractivity contribution in [3.63, 3.8) is 0 Å². The third-order valence-corrected chi connectivity index (χ3v) is 6.17. The Balaban J connectivity index is 1.91. The molecular formula is C20H23N3O3S. The van der Waals surface area contributed by atoms with E-state index in [-0.39, 0.29) is 6.54 Å². The van der Waals surface area contributed by atoms with Crippen LogP contribution in [-0.2, 0) is 16.6 Å². The summed E-state index contributed by atoms with van der Waals surface area (Å²) in [4.78, 5) is 4.53. The Kier molecular flexibility index (Phi) is 5.34. The number of rotatable bonds is 6. The highest BCUT2D eigenvalue weighted by Crippen LogP contribution is 2.26. The highest BCUT2D eigenvalue weighted by Gasteiger charge is 2.21. The molecule has 3 aromatic rings. The fourth-order valence-electron chi connectivity index (χ4n) is 3.23. The lowest BCUT2D eigenvalue weighted by atomic mass is 10.1. The molecule has 1 heterocycles. The quantitative estimate of drug-likeness (QED) is 0.707. The Hall–Kier alpha value is -2.64. The van der Waals surface area contributed by atoms with E-state index in [0.29, 0.717) is 21.8 Å². The summed E-state index contributed by atoms with van der Waals surface area (Å²) in [6, 6.07) is 11.1. The van der Waals surface area contributed by atoms with Crippen molar-refractivity contribution in [3.8, 4) is 11.4 Å². The van der Waals surface area contributed by atoms with Crippen LogP contribution < -0.4 is 9.46 Å². The van der Waals surface area contributed by atoms with Crippen LogP contribution in [0.1, 0.15) is 22.5 Å². The first-order valence-corrected chi connectivity index (χ1v) is 10.0. The number of nitrogens with one attached hydrogen (secondary N) is 1. The molecule has 6 nitrogen and oxygen atoms in total. The molecule has 1 N–H and O–H groups in total. The SMILES string of the molecule is COc1cc(C)c(S(=O)(=O)NCc2ccccc2-n2ccnc2C)c(C)c1. The maximum Gasteiger partial charge on any atom is 0.241 e. The van der Waals surface area contributed by atoms with E-state index in [1.54, 1.807) is 39.3 Å². The normalized spacial score (nSPS) is 11.6. The van der Waals surface area contributed by atoms with Crippen LogP contribution in [0.3, 0.4) is 0 Å². The number of benzene rings is 2. The molecule has 3 rings (SSSR count). The highest BCUT2D eigenvalue weighted by molar-refractivity contribution is 7.89. The van der Waals surface area contributed by atoms with E-state index in [1.807, 2.05) is 42.0 Å². The number of methoxy groups -OCH3 is 1. The van der Waals surface area contributed by atoms with Crippen molar-refractivity contribution >= 4 is 10.0 Å². The highest BCUT2D eigenvalue weighted by atomic mass is 32.2. The van der Waals surface area contributed by atoms with E-state index in [4.69, 9.17) is 4.74 Å². The second kappa shape index (κ2) is 7.54. The fourth-order valence-corrected chi connectivity index (χ4v) is 4.68. The first-order valence-electron chi connectivity index (χ1n) is 8.56. The molecule has 1 aromatic heterocycles. The van der Waals surface area contributed by atoms with Gasteiger partial charge in [0.2, 0.25) is 10.0 Å². The van der Waals surface area contributed by atoms with Gasteiger partial charge >= 0.3 is 0 Å². The molecule has 0 radical (unpaired) electrons. The standard InChI is InChI=1S/C20H23N3O3S/c1-14-11-18(26-4)12-15(2)20(14)27(24,25)22-13-17-7-5-6-8-19(17)23-10-9-21-16(23)3/h5-12,22H,13H2,1-4H3. The average Bonchev–Trinajstić information content (AvgIpc) is 3.05. The number of hydrogen-bond donors (Lipinski definition) is 1. The van der Waals surface area contributed by atoms with Gasteiger partial charge in [0.15, 0.2) is 0 Å². The van der Waals surface area contributed by atoms with Crippen LogP contribution in [0.4, 0.5) is 0 Å². The molecule has 2 aromatic carbocycles. The van der Waals surface area contributed by atoms with Gasteiger partial charge in [-0.1, -0.05) is 18.2 Å². The van der Waals surface area contributed by atoms with Crippen molar-refractivity contribution in [1.29, 1.82) is 0 Å². The molecule has 0 aliphatic heterocycles. The first-order chi connectivity index (χ1) is 12.8. The van der Waals surface area contributed by atoms with Crippen molar-refractivity contribution in [2.45, 2.75) is 32.2 Å². The summed E-state index contributed by atoms with van der Waals surface area (Å²) in [7, 11) is -2.11. The number of aromatic nitrogens is 2. The summed E-state index contributed by atoms with van der Waals surface area (Å²) >= 11 is 0. The van der Waals surface area contributed by atoms with E-state index in [2.05, 4.69) is 9.71 Å². The fraction of sp³-hybridized carbons (Fsp3) is 0.250. The molecule has 0 amide bonds. The maximum atomic E-state index is 12.9. The molecule has 0 fully saturated rings. The molecule has 0 aliphatic carbocycles. The van der Waals surface area contributed by atoms with Crippen molar-refractivity contribution in [1.82, 2.24) is 14.3 Å². The Labute approximate surface area is 159 Å². The molecule has 0 spiro atoms. The number of ether oxygens (including phenoxy) is 1. The van der Waals surface area contributed by atoms with E-state index in [0.717, 1.165) is 17.1 Å². The molecule has 0 saturated carbocycles. The van der Waals surface area contributed by atoms with Gasteiger partial charge in [0, 0.05) is 18.9 Å². The van der Waals surface area contributed by atoms with Gasteiger partial charge in [0.25, 0.3) is 0 Å². The van der Waals surface area contributed by atoms with Crippen LogP contribution in [0.25, 0.3) is 5.69 Å². The van der Waals surface area contributed by atoms with Crippen molar-refractivity contribution in [2.75, 3.05) is 7.11 Å². The number of hydrogen-bond acceptors (Lipinski definition) is 4. The summed E-state index contributed by atoms with van der Waals surface area (Å²) in [6.07, 6.45) is 3.58. The third kappa shape index (κ3) is 3.89. The van der Waals surface area contributed by atoms with Crippen LogP contribution in [0.2, 0.25) is 0 Å². The Morgan fingerprint density at radius 3 is 2.37 bits per heavy atom. The average molecular weight is 385 g/mol. The van der Waals surface area contributed by atoms with E-state index in [1.165, 1.54) is 0 Å². The minimum atomic E-state index is -3.67. The molecular weight excluding hydrogens is 362 g/mol. The molecule has 27 heavy (non-hydrogen) atoms. The monoisotopic (exact) mass is 385 g/mol. The van der Waals surface area contributed by atoms with Gasteiger partial charge in [-0.25, -0.2) is 18.1 Å². The van der Waals surface area contributed by atoms with Crippen molar-refractivity contribution < 1.29 is 13.2 Å². The van der Waals surface area contributed by atoms with Crippen LogP contribution in [0, 0.1) is 20.8 Å². The largest absolute Gasteiger partial charge is 0.497 e. The zero-order valence-corrected chi connectivity index (χ0v) is 16.7. The topological polar surface area (TPSA) is 73.2 Å². The lowest BCUT2D eigenvalue weighted by Crippen LogP contribution is -2.25. The number of sulfonamides is 1. The van der Waals surface area contributed by atoms with Gasteiger partial charge in [0.05, 0.1) is 17.7 Å². The van der Waals surface area contributed by atoms with Crippen LogP contribution >= 0.6 is 0 Å². The Bertz CT molecular complexity index is 1050. The smallest absolute Gasteiger partial charge is 0.241 e. The Morgan fingerprint density at radius 2 is 1.78 bits per heavy atom. The van der Waals surface area contributed by atoms with E-state index < -0.39 is 10.0 Å². The molecule has 0 saturated heterocycles. The molecule has 0 bridgehead atoms. The van der Waals surface area contributed by atoms with E-state index in [9.17, 15) is 8.42 Å². The molecule has 142 valence electrons. The second-order valence-electron chi connectivity index (χ2n) is 6.39. The molecule has 7 heteroatoms. The molecule has 0 atom stereocenters. The first kappa shape index (κ1) is 19.1. The summed E-state index contributed by atoms with van der Waals surface area (Å²) in [5.41, 5.74) is 3.07. The third-order valence-electron chi connectivity index (χ3n) is 4.47. The summed E-state index contributed by atoms with van der Waals surface area (Å²) < 4.78 is 35.8. The molecule has 0 unspecified atom stereocenters. The van der Waals surface area contributed by atoms with Gasteiger partial charge < -0.3 is 9.30 Å².